The van der Waals surface area contributed by atoms with Crippen molar-refractivity contribution in [2.45, 2.75) is 96.4 Å². The van der Waals surface area contributed by atoms with Crippen molar-refractivity contribution in [2.75, 3.05) is 7.11 Å². The van der Waals surface area contributed by atoms with E-state index in [0.29, 0.717) is 23.4 Å². The Kier molecular flexibility index (Phi) is 5.83. The van der Waals surface area contributed by atoms with Gasteiger partial charge in [-0.25, -0.2) is 0 Å². The van der Waals surface area contributed by atoms with Crippen LogP contribution < -0.4 is 4.74 Å². The monoisotopic (exact) mass is 446 g/mol. The van der Waals surface area contributed by atoms with E-state index in [-0.39, 0.29) is 6.10 Å². The summed E-state index contributed by atoms with van der Waals surface area (Å²) in [5.74, 6) is 3.08. The van der Waals surface area contributed by atoms with Crippen LogP contribution in [0.3, 0.4) is 0 Å². The van der Waals surface area contributed by atoms with E-state index in [9.17, 15) is 0 Å². The molecule has 0 radical (unpaired) electrons. The number of fused-ring (bicyclic) bond motifs is 5. The standard InChI is InChI=1S/C25H42O3Si2/c1-25-14-13-19-18-10-9-17(26-2)15-21(18)23(27-29(3,4)5)16-20(19)22(25)11-12-24(25)28-30(6,7)8/h9-10,15,19-20,22-24H,11-14,16H2,1-8H3/t19-,20-,22+,23+,24+,25+/m1/s1. The molecule has 5 heteroatoms. The van der Waals surface area contributed by atoms with Gasteiger partial charge in [0.2, 0.25) is 0 Å². The summed E-state index contributed by atoms with van der Waals surface area (Å²) >= 11 is 0. The molecule has 3 aliphatic carbocycles. The van der Waals surface area contributed by atoms with Gasteiger partial charge in [0, 0.05) is 0 Å². The van der Waals surface area contributed by atoms with Gasteiger partial charge in [0.1, 0.15) is 5.75 Å². The number of ether oxygens (including phenoxy) is 1. The molecule has 1 aromatic carbocycles. The first-order chi connectivity index (χ1) is 13.9. The van der Waals surface area contributed by atoms with Gasteiger partial charge >= 0.3 is 0 Å². The Labute approximate surface area is 186 Å². The van der Waals surface area contributed by atoms with Crippen molar-refractivity contribution < 1.29 is 13.6 Å². The minimum atomic E-state index is -1.65. The topological polar surface area (TPSA) is 27.7 Å². The Balaban J connectivity index is 1.68. The summed E-state index contributed by atoms with van der Waals surface area (Å²) in [5.41, 5.74) is 3.26. The molecule has 30 heavy (non-hydrogen) atoms. The molecular formula is C25H42O3Si2. The molecule has 168 valence electrons. The molecule has 0 N–H and O–H groups in total. The summed E-state index contributed by atoms with van der Waals surface area (Å²) < 4.78 is 19.1. The van der Waals surface area contributed by atoms with E-state index in [1.807, 2.05) is 0 Å². The Morgan fingerprint density at radius 1 is 0.900 bits per heavy atom. The summed E-state index contributed by atoms with van der Waals surface area (Å²) in [6.45, 7) is 16.5. The van der Waals surface area contributed by atoms with E-state index in [0.717, 1.165) is 18.1 Å². The fourth-order valence-corrected chi connectivity index (χ4v) is 9.10. The average Bonchev–Trinajstić information content (AvgIpc) is 2.95. The van der Waals surface area contributed by atoms with Gasteiger partial charge in [0.05, 0.1) is 19.3 Å². The average molecular weight is 447 g/mol. The van der Waals surface area contributed by atoms with Crippen molar-refractivity contribution in [2.24, 2.45) is 17.3 Å². The van der Waals surface area contributed by atoms with Gasteiger partial charge in [-0.2, -0.15) is 0 Å². The molecule has 0 heterocycles. The molecule has 2 saturated carbocycles. The normalized spacial score (nSPS) is 36.1. The Morgan fingerprint density at radius 3 is 2.23 bits per heavy atom. The maximum absolute atomic E-state index is 6.80. The predicted molar refractivity (Wildman–Crippen MR) is 129 cm³/mol. The van der Waals surface area contributed by atoms with Crippen LogP contribution in [0.4, 0.5) is 0 Å². The first kappa shape index (κ1) is 22.6. The zero-order valence-corrected chi connectivity index (χ0v) is 22.4. The summed E-state index contributed by atoms with van der Waals surface area (Å²) in [4.78, 5) is 0. The third-order valence-electron chi connectivity index (χ3n) is 7.87. The second-order valence-electron chi connectivity index (χ2n) is 12.2. The number of benzene rings is 1. The highest BCUT2D eigenvalue weighted by Gasteiger charge is 2.57. The third-order valence-corrected chi connectivity index (χ3v) is 9.85. The number of hydrogen-bond donors (Lipinski definition) is 0. The maximum atomic E-state index is 6.80. The number of methoxy groups -OCH3 is 1. The molecule has 0 aromatic heterocycles. The van der Waals surface area contributed by atoms with Crippen LogP contribution in [0.1, 0.15) is 62.2 Å². The molecule has 0 bridgehead atoms. The Morgan fingerprint density at radius 2 is 1.60 bits per heavy atom. The SMILES string of the molecule is COc1ccc2c(c1)[C@@H](O[Si](C)(C)C)C[C@@H]1[C@@H]2CC[C@]2(C)[C@@H](O[Si](C)(C)C)CC[C@@H]12. The van der Waals surface area contributed by atoms with Crippen molar-refractivity contribution in [1.29, 1.82) is 0 Å². The lowest BCUT2D eigenvalue weighted by molar-refractivity contribution is -0.0283. The molecule has 0 spiro atoms. The molecule has 4 rings (SSSR count). The summed E-state index contributed by atoms with van der Waals surface area (Å²) in [5, 5.41) is 0. The van der Waals surface area contributed by atoms with Crippen molar-refractivity contribution >= 4 is 16.6 Å². The molecule has 0 saturated heterocycles. The smallest absolute Gasteiger partial charge is 0.184 e. The molecule has 1 aromatic rings. The lowest BCUT2D eigenvalue weighted by Crippen LogP contribution is -2.48. The van der Waals surface area contributed by atoms with Crippen molar-refractivity contribution in [3.05, 3.63) is 29.3 Å². The van der Waals surface area contributed by atoms with Gasteiger partial charge < -0.3 is 13.6 Å². The molecular weight excluding hydrogens is 404 g/mol. The van der Waals surface area contributed by atoms with Crippen molar-refractivity contribution in [3.63, 3.8) is 0 Å². The van der Waals surface area contributed by atoms with Crippen molar-refractivity contribution in [1.82, 2.24) is 0 Å². The van der Waals surface area contributed by atoms with Crippen LogP contribution in [0.5, 0.6) is 5.75 Å². The molecule has 3 aliphatic rings. The highest BCUT2D eigenvalue weighted by molar-refractivity contribution is 6.70. The summed E-state index contributed by atoms with van der Waals surface area (Å²) in [6, 6.07) is 6.77. The fraction of sp³-hybridized carbons (Fsp3) is 0.760. The molecule has 3 nitrogen and oxygen atoms in total. The highest BCUT2D eigenvalue weighted by atomic mass is 28.4. The van der Waals surface area contributed by atoms with E-state index in [2.05, 4.69) is 64.4 Å². The van der Waals surface area contributed by atoms with Gasteiger partial charge in [0.25, 0.3) is 0 Å². The third kappa shape index (κ3) is 4.19. The predicted octanol–water partition coefficient (Wildman–Crippen LogP) is 7.12. The molecule has 2 fully saturated rings. The fourth-order valence-electron chi connectivity index (χ4n) is 6.78. The second kappa shape index (κ2) is 7.75. The minimum Gasteiger partial charge on any atom is -0.497 e. The van der Waals surface area contributed by atoms with Crippen LogP contribution in [-0.2, 0) is 8.85 Å². The van der Waals surface area contributed by atoms with Crippen LogP contribution in [0, 0.1) is 17.3 Å². The zero-order valence-electron chi connectivity index (χ0n) is 20.4. The van der Waals surface area contributed by atoms with Crippen LogP contribution >= 0.6 is 0 Å². The van der Waals surface area contributed by atoms with Crippen LogP contribution in [0.15, 0.2) is 18.2 Å². The Bertz CT molecular complexity index is 782. The van der Waals surface area contributed by atoms with Crippen LogP contribution in [0.2, 0.25) is 39.3 Å². The van der Waals surface area contributed by atoms with E-state index in [1.165, 1.54) is 36.8 Å². The highest BCUT2D eigenvalue weighted by Crippen LogP contribution is 2.63. The van der Waals surface area contributed by atoms with Gasteiger partial charge in [-0.15, -0.1) is 0 Å². The van der Waals surface area contributed by atoms with Gasteiger partial charge in [-0.1, -0.05) is 13.0 Å². The van der Waals surface area contributed by atoms with Crippen LogP contribution in [0.25, 0.3) is 0 Å². The Hall–Kier alpha value is -0.626. The molecule has 0 amide bonds. The van der Waals surface area contributed by atoms with Crippen molar-refractivity contribution in [3.8, 4) is 5.75 Å². The van der Waals surface area contributed by atoms with E-state index >= 15 is 0 Å². The lowest BCUT2D eigenvalue weighted by Gasteiger charge is -2.53. The van der Waals surface area contributed by atoms with E-state index in [1.54, 1.807) is 7.11 Å². The molecule has 0 unspecified atom stereocenters. The maximum Gasteiger partial charge on any atom is 0.184 e. The van der Waals surface area contributed by atoms with Gasteiger partial charge in [0.15, 0.2) is 16.6 Å². The minimum absolute atomic E-state index is 0.210. The van der Waals surface area contributed by atoms with E-state index in [4.69, 9.17) is 13.6 Å². The summed E-state index contributed by atoms with van der Waals surface area (Å²) in [6.07, 6.45) is 6.95. The largest absolute Gasteiger partial charge is 0.497 e. The molecule has 6 atom stereocenters. The number of rotatable bonds is 5. The first-order valence-corrected chi connectivity index (χ1v) is 18.8. The van der Waals surface area contributed by atoms with Gasteiger partial charge in [-0.05, 0) is 118 Å². The number of hydrogen-bond acceptors (Lipinski definition) is 3. The van der Waals surface area contributed by atoms with Crippen LogP contribution in [-0.4, -0.2) is 29.8 Å². The van der Waals surface area contributed by atoms with Gasteiger partial charge in [-0.3, -0.25) is 0 Å². The molecule has 0 aliphatic heterocycles. The lowest BCUT2D eigenvalue weighted by atomic mass is 9.55. The first-order valence-electron chi connectivity index (χ1n) is 11.9. The second-order valence-corrected chi connectivity index (χ2v) is 21.1. The zero-order chi connectivity index (χ0) is 21.9. The summed E-state index contributed by atoms with van der Waals surface area (Å²) in [7, 11) is -1.42. The quantitative estimate of drug-likeness (QED) is 0.451. The van der Waals surface area contributed by atoms with E-state index < -0.39 is 16.6 Å².